The molecule has 2 N–H and O–H groups in total. The molecule has 5 heteroatoms. The molecule has 0 unspecified atom stereocenters. The summed E-state index contributed by atoms with van der Waals surface area (Å²) in [6.07, 6.45) is 2.30. The van der Waals surface area contributed by atoms with E-state index in [2.05, 4.69) is 33.0 Å². The maximum atomic E-state index is 12.0. The second-order valence-corrected chi connectivity index (χ2v) is 7.53. The van der Waals surface area contributed by atoms with Crippen molar-refractivity contribution in [3.8, 4) is 0 Å². The lowest BCUT2D eigenvalue weighted by molar-refractivity contribution is 0.177. The van der Waals surface area contributed by atoms with E-state index in [1.807, 2.05) is 42.5 Å². The largest absolute Gasteiger partial charge is 0.338 e. The van der Waals surface area contributed by atoms with Crippen LogP contribution in [0.3, 0.4) is 0 Å². The lowest BCUT2D eigenvalue weighted by atomic mass is 9.97. The molecule has 0 bridgehead atoms. The molecule has 2 heterocycles. The maximum absolute atomic E-state index is 12.0. The van der Waals surface area contributed by atoms with Crippen molar-refractivity contribution in [1.29, 1.82) is 0 Å². The summed E-state index contributed by atoms with van der Waals surface area (Å²) in [5, 5.41) is 8.04. The lowest BCUT2D eigenvalue weighted by Crippen LogP contribution is -2.39. The molecule has 1 aromatic heterocycles. The van der Waals surface area contributed by atoms with Gasteiger partial charge in [-0.05, 0) is 62.4 Å². The van der Waals surface area contributed by atoms with Gasteiger partial charge >= 0.3 is 6.03 Å². The molecule has 0 saturated carbocycles. The van der Waals surface area contributed by atoms with Crippen LogP contribution < -0.4 is 10.6 Å². The van der Waals surface area contributed by atoms with Crippen molar-refractivity contribution in [3.05, 3.63) is 52.2 Å². The molecule has 1 aliphatic heterocycles. The van der Waals surface area contributed by atoms with E-state index in [4.69, 9.17) is 0 Å². The van der Waals surface area contributed by atoms with E-state index in [1.165, 1.54) is 10.4 Å². The molecule has 2 amide bonds. The van der Waals surface area contributed by atoms with Crippen LogP contribution in [-0.2, 0) is 6.54 Å². The summed E-state index contributed by atoms with van der Waals surface area (Å²) in [5.41, 5.74) is 2.03. The van der Waals surface area contributed by atoms with Gasteiger partial charge in [0.25, 0.3) is 0 Å². The molecule has 24 heavy (non-hydrogen) atoms. The maximum Gasteiger partial charge on any atom is 0.319 e. The highest BCUT2D eigenvalue weighted by Gasteiger charge is 2.19. The Balaban J connectivity index is 1.35. The third kappa shape index (κ3) is 5.08. The Morgan fingerprint density at radius 1 is 1.21 bits per heavy atom. The minimum atomic E-state index is -0.111. The van der Waals surface area contributed by atoms with Crippen LogP contribution in [0.15, 0.2) is 41.8 Å². The number of nitrogens with zero attached hydrogens (tertiary/aromatic N) is 1. The van der Waals surface area contributed by atoms with Crippen molar-refractivity contribution in [2.45, 2.75) is 26.3 Å². The van der Waals surface area contributed by atoms with Gasteiger partial charge in [0.15, 0.2) is 0 Å². The number of amides is 2. The number of carbonyl (C=O) groups is 1. The fourth-order valence-corrected chi connectivity index (χ4v) is 3.77. The van der Waals surface area contributed by atoms with Gasteiger partial charge in [0.05, 0.1) is 0 Å². The molecule has 128 valence electrons. The van der Waals surface area contributed by atoms with Gasteiger partial charge in [-0.2, -0.15) is 0 Å². The summed E-state index contributed by atoms with van der Waals surface area (Å²) >= 11 is 1.83. The van der Waals surface area contributed by atoms with Gasteiger partial charge in [-0.15, -0.1) is 11.3 Å². The molecule has 0 aliphatic carbocycles. The number of hydrogen-bond acceptors (Lipinski definition) is 3. The Hall–Kier alpha value is -1.85. The van der Waals surface area contributed by atoms with Gasteiger partial charge in [-0.25, -0.2) is 4.79 Å². The van der Waals surface area contributed by atoms with E-state index >= 15 is 0 Å². The van der Waals surface area contributed by atoms with Gasteiger partial charge < -0.3 is 10.6 Å². The summed E-state index contributed by atoms with van der Waals surface area (Å²) in [5.74, 6) is 0.577. The van der Waals surface area contributed by atoms with Crippen LogP contribution in [0.2, 0.25) is 0 Å². The number of hydrogen-bond donors (Lipinski definition) is 2. The summed E-state index contributed by atoms with van der Waals surface area (Å²) in [7, 11) is 0. The van der Waals surface area contributed by atoms with Crippen LogP contribution in [0.1, 0.15) is 23.3 Å². The highest BCUT2D eigenvalue weighted by molar-refractivity contribution is 7.09. The van der Waals surface area contributed by atoms with Crippen molar-refractivity contribution in [1.82, 2.24) is 10.2 Å². The molecule has 4 nitrogen and oxygen atoms in total. The van der Waals surface area contributed by atoms with Gasteiger partial charge in [0.2, 0.25) is 0 Å². The van der Waals surface area contributed by atoms with Crippen molar-refractivity contribution in [2.24, 2.45) is 5.92 Å². The molecule has 1 saturated heterocycles. The lowest BCUT2D eigenvalue weighted by Gasteiger charge is -2.31. The second-order valence-electron chi connectivity index (χ2n) is 6.50. The first-order valence-corrected chi connectivity index (χ1v) is 9.43. The summed E-state index contributed by atoms with van der Waals surface area (Å²) in [6, 6.07) is 12.1. The quantitative estimate of drug-likeness (QED) is 0.859. The van der Waals surface area contributed by atoms with Crippen LogP contribution in [0.4, 0.5) is 10.5 Å². The van der Waals surface area contributed by atoms with Gasteiger partial charge in [0.1, 0.15) is 0 Å². The van der Waals surface area contributed by atoms with E-state index in [9.17, 15) is 4.79 Å². The third-order valence-electron chi connectivity index (χ3n) is 4.53. The van der Waals surface area contributed by atoms with Crippen molar-refractivity contribution in [2.75, 3.05) is 25.0 Å². The van der Waals surface area contributed by atoms with Crippen LogP contribution in [-0.4, -0.2) is 30.6 Å². The minimum absolute atomic E-state index is 0.111. The molecule has 3 rings (SSSR count). The van der Waals surface area contributed by atoms with Gasteiger partial charge in [-0.1, -0.05) is 23.8 Å². The average molecular weight is 343 g/mol. The first kappa shape index (κ1) is 17.0. The Morgan fingerprint density at radius 3 is 2.62 bits per heavy atom. The number of thiophene rings is 1. The number of benzene rings is 1. The Labute approximate surface area is 147 Å². The number of carbonyl (C=O) groups excluding carboxylic acids is 1. The average Bonchev–Trinajstić information content (AvgIpc) is 3.09. The number of aryl methyl sites for hydroxylation is 1. The highest BCUT2D eigenvalue weighted by atomic mass is 32.1. The monoisotopic (exact) mass is 343 g/mol. The zero-order valence-electron chi connectivity index (χ0n) is 14.1. The number of likely N-dealkylation sites (tertiary alicyclic amines) is 1. The van der Waals surface area contributed by atoms with E-state index in [0.717, 1.165) is 44.7 Å². The van der Waals surface area contributed by atoms with Crippen LogP contribution in [0.5, 0.6) is 0 Å². The minimum Gasteiger partial charge on any atom is -0.338 e. The van der Waals surface area contributed by atoms with Crippen LogP contribution in [0.25, 0.3) is 0 Å². The van der Waals surface area contributed by atoms with Gasteiger partial charge in [0, 0.05) is 23.7 Å². The Bertz CT molecular complexity index is 631. The number of piperidine rings is 1. The van der Waals surface area contributed by atoms with Crippen molar-refractivity contribution in [3.63, 3.8) is 0 Å². The van der Waals surface area contributed by atoms with Crippen molar-refractivity contribution < 1.29 is 4.79 Å². The number of nitrogens with one attached hydrogen (secondary N) is 2. The smallest absolute Gasteiger partial charge is 0.319 e. The van der Waals surface area contributed by atoms with E-state index in [1.54, 1.807) is 0 Å². The fourth-order valence-electron chi connectivity index (χ4n) is 3.02. The first-order chi connectivity index (χ1) is 11.7. The topological polar surface area (TPSA) is 44.4 Å². The zero-order chi connectivity index (χ0) is 16.8. The normalized spacial score (nSPS) is 16.0. The molecule has 1 fully saturated rings. The fraction of sp³-hybridized carbons (Fsp3) is 0.421. The third-order valence-corrected chi connectivity index (χ3v) is 5.39. The SMILES string of the molecule is Cc1ccc(NC(=O)NCC2CCN(Cc3cccs3)CC2)cc1. The number of rotatable bonds is 5. The van der Waals surface area contributed by atoms with Crippen LogP contribution >= 0.6 is 11.3 Å². The molecule has 1 aromatic carbocycles. The molecule has 0 radical (unpaired) electrons. The summed E-state index contributed by atoms with van der Waals surface area (Å²) < 4.78 is 0. The Morgan fingerprint density at radius 2 is 1.96 bits per heavy atom. The summed E-state index contributed by atoms with van der Waals surface area (Å²) in [4.78, 5) is 15.9. The molecular weight excluding hydrogens is 318 g/mol. The molecule has 2 aromatic rings. The second kappa shape index (κ2) is 8.31. The van der Waals surface area contributed by atoms with Crippen LogP contribution in [0, 0.1) is 12.8 Å². The summed E-state index contributed by atoms with van der Waals surface area (Å²) in [6.45, 7) is 6.08. The van der Waals surface area contributed by atoms with Gasteiger partial charge in [-0.3, -0.25) is 4.90 Å². The van der Waals surface area contributed by atoms with E-state index < -0.39 is 0 Å². The molecular formula is C19H25N3OS. The number of urea groups is 1. The predicted octanol–water partition coefficient (Wildman–Crippen LogP) is 4.09. The van der Waals surface area contributed by atoms with Crippen molar-refractivity contribution >= 4 is 23.1 Å². The Kier molecular flexibility index (Phi) is 5.88. The standard InChI is InChI=1S/C19H25N3OS/c1-15-4-6-17(7-5-15)21-19(23)20-13-16-8-10-22(11-9-16)14-18-3-2-12-24-18/h2-7,12,16H,8-11,13-14H2,1H3,(H2,20,21,23). The molecule has 0 spiro atoms. The molecule has 1 aliphatic rings. The zero-order valence-corrected chi connectivity index (χ0v) is 14.9. The highest BCUT2D eigenvalue weighted by Crippen LogP contribution is 2.20. The van der Waals surface area contributed by atoms with E-state index in [-0.39, 0.29) is 6.03 Å². The molecule has 0 atom stereocenters. The predicted molar refractivity (Wildman–Crippen MR) is 101 cm³/mol. The number of anilines is 1. The first-order valence-electron chi connectivity index (χ1n) is 8.55. The van der Waals surface area contributed by atoms with E-state index in [0.29, 0.717) is 5.92 Å².